The van der Waals surface area contributed by atoms with E-state index in [9.17, 15) is 4.79 Å². The van der Waals surface area contributed by atoms with E-state index < -0.39 is 5.97 Å². The van der Waals surface area contributed by atoms with E-state index in [-0.39, 0.29) is 6.42 Å². The average molecular weight is 259 g/mol. The summed E-state index contributed by atoms with van der Waals surface area (Å²) in [5, 5.41) is 9.90. The molecule has 0 aliphatic carbocycles. The maximum absolute atomic E-state index is 10.4. The van der Waals surface area contributed by atoms with Gasteiger partial charge in [-0.05, 0) is 44.9 Å². The Morgan fingerprint density at radius 1 is 1.16 bits per heavy atom. The minimum absolute atomic E-state index is 0.282. The van der Waals surface area contributed by atoms with Crippen LogP contribution in [-0.2, 0) is 11.3 Å². The Morgan fingerprint density at radius 2 is 1.95 bits per heavy atom. The lowest BCUT2D eigenvalue weighted by atomic mass is 10.2. The number of hydrogen-bond acceptors (Lipinski definition) is 1. The minimum Gasteiger partial charge on any atom is -0.481 e. The first kappa shape index (κ1) is 13.7. The van der Waals surface area contributed by atoms with E-state index in [1.807, 2.05) is 0 Å². The fourth-order valence-electron chi connectivity index (χ4n) is 2.55. The standard InChI is InChI=1S/C16H21NO2/c1-12-7-8-15-14(10-12)11-13(2)17(15)9-5-3-4-6-16(18)19/h7-8,10-11H,3-6,9H2,1-2H3,(H,18,19). The quantitative estimate of drug-likeness (QED) is 0.799. The molecular formula is C16H21NO2. The highest BCUT2D eigenvalue weighted by Gasteiger charge is 2.05. The molecule has 3 nitrogen and oxygen atoms in total. The highest BCUT2D eigenvalue weighted by atomic mass is 16.4. The van der Waals surface area contributed by atoms with Gasteiger partial charge in [0.25, 0.3) is 0 Å². The Hall–Kier alpha value is -1.77. The van der Waals surface area contributed by atoms with Crippen molar-refractivity contribution >= 4 is 16.9 Å². The Kier molecular flexibility index (Phi) is 4.25. The van der Waals surface area contributed by atoms with E-state index in [0.29, 0.717) is 0 Å². The van der Waals surface area contributed by atoms with Crippen LogP contribution in [0.3, 0.4) is 0 Å². The van der Waals surface area contributed by atoms with Crippen molar-refractivity contribution in [1.82, 2.24) is 4.57 Å². The van der Waals surface area contributed by atoms with Crippen molar-refractivity contribution in [3.63, 3.8) is 0 Å². The predicted octanol–water partition coefficient (Wildman–Crippen LogP) is 3.90. The van der Waals surface area contributed by atoms with Crippen molar-refractivity contribution in [2.24, 2.45) is 0 Å². The Balaban J connectivity index is 2.00. The fourth-order valence-corrected chi connectivity index (χ4v) is 2.55. The van der Waals surface area contributed by atoms with Crippen LogP contribution in [0.1, 0.15) is 36.9 Å². The van der Waals surface area contributed by atoms with E-state index in [1.54, 1.807) is 0 Å². The van der Waals surface area contributed by atoms with Crippen molar-refractivity contribution in [2.75, 3.05) is 0 Å². The highest BCUT2D eigenvalue weighted by molar-refractivity contribution is 5.82. The molecule has 19 heavy (non-hydrogen) atoms. The van der Waals surface area contributed by atoms with E-state index in [2.05, 4.69) is 42.7 Å². The molecular weight excluding hydrogens is 238 g/mol. The van der Waals surface area contributed by atoms with Crippen molar-refractivity contribution < 1.29 is 9.90 Å². The van der Waals surface area contributed by atoms with Crippen LogP contribution in [0.25, 0.3) is 10.9 Å². The van der Waals surface area contributed by atoms with Crippen LogP contribution >= 0.6 is 0 Å². The maximum atomic E-state index is 10.4. The van der Waals surface area contributed by atoms with Crippen molar-refractivity contribution in [3.05, 3.63) is 35.5 Å². The number of carboxylic acid groups (broad SMARTS) is 1. The number of carboxylic acids is 1. The Bertz CT molecular complexity index is 584. The van der Waals surface area contributed by atoms with Gasteiger partial charge in [-0.25, -0.2) is 0 Å². The summed E-state index contributed by atoms with van der Waals surface area (Å²) < 4.78 is 2.33. The number of aryl methyl sites for hydroxylation is 3. The molecule has 0 saturated heterocycles. The van der Waals surface area contributed by atoms with Crippen LogP contribution in [0.4, 0.5) is 0 Å². The normalized spacial score (nSPS) is 11.1. The molecule has 0 aliphatic rings. The molecule has 0 atom stereocenters. The summed E-state index contributed by atoms with van der Waals surface area (Å²) in [5.41, 5.74) is 3.84. The second-order valence-corrected chi connectivity index (χ2v) is 5.20. The zero-order valence-electron chi connectivity index (χ0n) is 11.6. The highest BCUT2D eigenvalue weighted by Crippen LogP contribution is 2.21. The second kappa shape index (κ2) is 5.91. The van der Waals surface area contributed by atoms with Crippen LogP contribution in [0.15, 0.2) is 24.3 Å². The molecule has 1 aromatic carbocycles. The molecule has 102 valence electrons. The van der Waals surface area contributed by atoms with E-state index in [0.717, 1.165) is 25.8 Å². The zero-order chi connectivity index (χ0) is 13.8. The van der Waals surface area contributed by atoms with Gasteiger partial charge in [-0.1, -0.05) is 18.1 Å². The molecule has 0 fully saturated rings. The van der Waals surface area contributed by atoms with Gasteiger partial charge in [-0.2, -0.15) is 0 Å². The molecule has 0 amide bonds. The number of carbonyl (C=O) groups is 1. The molecule has 1 heterocycles. The minimum atomic E-state index is -0.696. The lowest BCUT2D eigenvalue weighted by molar-refractivity contribution is -0.137. The van der Waals surface area contributed by atoms with Gasteiger partial charge in [0.1, 0.15) is 0 Å². The monoisotopic (exact) mass is 259 g/mol. The number of aliphatic carboxylic acids is 1. The van der Waals surface area contributed by atoms with Crippen LogP contribution in [0.5, 0.6) is 0 Å². The number of rotatable bonds is 6. The number of nitrogens with zero attached hydrogens (tertiary/aromatic N) is 1. The molecule has 1 N–H and O–H groups in total. The molecule has 1 aromatic heterocycles. The molecule has 2 aromatic rings. The number of aromatic nitrogens is 1. The van der Waals surface area contributed by atoms with Gasteiger partial charge in [-0.3, -0.25) is 4.79 Å². The summed E-state index contributed by atoms with van der Waals surface area (Å²) in [7, 11) is 0. The summed E-state index contributed by atoms with van der Waals surface area (Å²) in [4.78, 5) is 10.4. The summed E-state index contributed by atoms with van der Waals surface area (Å²) >= 11 is 0. The maximum Gasteiger partial charge on any atom is 0.303 e. The lowest BCUT2D eigenvalue weighted by Gasteiger charge is -2.08. The SMILES string of the molecule is Cc1ccc2c(c1)cc(C)n2CCCCCC(=O)O. The molecule has 0 unspecified atom stereocenters. The summed E-state index contributed by atoms with van der Waals surface area (Å²) in [6, 6.07) is 8.75. The summed E-state index contributed by atoms with van der Waals surface area (Å²) in [6.07, 6.45) is 3.06. The van der Waals surface area contributed by atoms with Gasteiger partial charge in [-0.15, -0.1) is 0 Å². The Morgan fingerprint density at radius 3 is 2.68 bits per heavy atom. The van der Waals surface area contributed by atoms with E-state index >= 15 is 0 Å². The third kappa shape index (κ3) is 3.37. The van der Waals surface area contributed by atoms with Crippen molar-refractivity contribution in [2.45, 2.75) is 46.1 Å². The number of benzene rings is 1. The van der Waals surface area contributed by atoms with Gasteiger partial charge < -0.3 is 9.67 Å². The van der Waals surface area contributed by atoms with Gasteiger partial charge in [0.15, 0.2) is 0 Å². The smallest absolute Gasteiger partial charge is 0.303 e. The number of unbranched alkanes of at least 4 members (excludes halogenated alkanes) is 2. The fraction of sp³-hybridized carbons (Fsp3) is 0.438. The first-order chi connectivity index (χ1) is 9.08. The van der Waals surface area contributed by atoms with Crippen LogP contribution in [0.2, 0.25) is 0 Å². The third-order valence-corrected chi connectivity index (χ3v) is 3.54. The predicted molar refractivity (Wildman–Crippen MR) is 77.5 cm³/mol. The lowest BCUT2D eigenvalue weighted by Crippen LogP contribution is -2.00. The molecule has 0 radical (unpaired) electrons. The molecule has 0 spiro atoms. The summed E-state index contributed by atoms with van der Waals surface area (Å²) in [5.74, 6) is -0.696. The average Bonchev–Trinajstić information content (AvgIpc) is 2.64. The molecule has 0 saturated carbocycles. The summed E-state index contributed by atoms with van der Waals surface area (Å²) in [6.45, 7) is 5.21. The van der Waals surface area contributed by atoms with Crippen molar-refractivity contribution in [3.8, 4) is 0 Å². The zero-order valence-corrected chi connectivity index (χ0v) is 11.6. The third-order valence-electron chi connectivity index (χ3n) is 3.54. The Labute approximate surface area is 113 Å². The van der Waals surface area contributed by atoms with Gasteiger partial charge in [0.05, 0.1) is 0 Å². The van der Waals surface area contributed by atoms with Crippen LogP contribution in [-0.4, -0.2) is 15.6 Å². The topological polar surface area (TPSA) is 42.2 Å². The molecule has 0 aliphatic heterocycles. The van der Waals surface area contributed by atoms with Crippen LogP contribution in [0, 0.1) is 13.8 Å². The van der Waals surface area contributed by atoms with Gasteiger partial charge >= 0.3 is 5.97 Å². The molecule has 3 heteroatoms. The van der Waals surface area contributed by atoms with Crippen molar-refractivity contribution in [1.29, 1.82) is 0 Å². The molecule has 0 bridgehead atoms. The number of hydrogen-bond donors (Lipinski definition) is 1. The first-order valence-corrected chi connectivity index (χ1v) is 6.86. The largest absolute Gasteiger partial charge is 0.481 e. The van der Waals surface area contributed by atoms with E-state index in [4.69, 9.17) is 5.11 Å². The molecule has 2 rings (SSSR count). The number of fused-ring (bicyclic) bond motifs is 1. The van der Waals surface area contributed by atoms with Gasteiger partial charge in [0, 0.05) is 29.6 Å². The van der Waals surface area contributed by atoms with E-state index in [1.165, 1.54) is 22.2 Å². The van der Waals surface area contributed by atoms with Gasteiger partial charge in [0.2, 0.25) is 0 Å². The van der Waals surface area contributed by atoms with Crippen LogP contribution < -0.4 is 0 Å². The second-order valence-electron chi connectivity index (χ2n) is 5.20. The first-order valence-electron chi connectivity index (χ1n) is 6.86.